The summed E-state index contributed by atoms with van der Waals surface area (Å²) in [4.78, 5) is 20.2. The zero-order valence-electron chi connectivity index (χ0n) is 18.8. The monoisotopic (exact) mass is 492 g/mol. The summed E-state index contributed by atoms with van der Waals surface area (Å²) >= 11 is 12.3. The first kappa shape index (κ1) is 22.9. The fourth-order valence-corrected chi connectivity index (χ4v) is 4.91. The van der Waals surface area contributed by atoms with Gasteiger partial charge in [-0.05, 0) is 61.3 Å². The van der Waals surface area contributed by atoms with Crippen molar-refractivity contribution in [3.63, 3.8) is 0 Å². The van der Waals surface area contributed by atoms with Crippen LogP contribution in [-0.4, -0.2) is 33.4 Å². The molecule has 1 aliphatic heterocycles. The van der Waals surface area contributed by atoms with E-state index < -0.39 is 0 Å². The number of carbonyl (C=O) groups excluding carboxylic acids is 1. The molecule has 0 radical (unpaired) electrons. The third kappa shape index (κ3) is 5.12. The molecule has 1 fully saturated rings. The molecule has 34 heavy (non-hydrogen) atoms. The molecule has 0 aliphatic carbocycles. The fraction of sp³-hybridized carbons (Fsp3) is 0.259. The lowest BCUT2D eigenvalue weighted by atomic mass is 9.97. The summed E-state index contributed by atoms with van der Waals surface area (Å²) in [5.41, 5.74) is 3.93. The molecule has 3 aromatic carbocycles. The lowest BCUT2D eigenvalue weighted by molar-refractivity contribution is -0.121. The number of nitrogens with one attached hydrogen (secondary N) is 1. The van der Waals surface area contributed by atoms with Crippen LogP contribution in [0.4, 0.5) is 5.69 Å². The lowest BCUT2D eigenvalue weighted by Crippen LogP contribution is -2.40. The Morgan fingerprint density at radius 3 is 2.56 bits per heavy atom. The van der Waals surface area contributed by atoms with Gasteiger partial charge in [0.1, 0.15) is 5.82 Å². The molecule has 4 aromatic rings. The number of nitrogens with zero attached hydrogens (tertiary/aromatic N) is 3. The van der Waals surface area contributed by atoms with Crippen LogP contribution < -0.4 is 5.32 Å². The third-order valence-corrected chi connectivity index (χ3v) is 6.94. The molecule has 1 amide bonds. The minimum absolute atomic E-state index is 0.0208. The first-order valence-electron chi connectivity index (χ1n) is 11.5. The van der Waals surface area contributed by atoms with Crippen molar-refractivity contribution < 1.29 is 4.79 Å². The van der Waals surface area contributed by atoms with Crippen LogP contribution in [0.15, 0.2) is 72.8 Å². The molecule has 0 unspecified atom stereocenters. The number of hydrogen-bond acceptors (Lipinski definition) is 3. The summed E-state index contributed by atoms with van der Waals surface area (Å²) in [6.45, 7) is 3.05. The summed E-state index contributed by atoms with van der Waals surface area (Å²) in [7, 11) is 0. The van der Waals surface area contributed by atoms with Gasteiger partial charge in [0, 0.05) is 18.1 Å². The van der Waals surface area contributed by atoms with Gasteiger partial charge < -0.3 is 9.88 Å². The Kier molecular flexibility index (Phi) is 6.86. The number of halogens is 2. The van der Waals surface area contributed by atoms with Crippen molar-refractivity contribution in [3.05, 3.63) is 94.2 Å². The van der Waals surface area contributed by atoms with Crippen molar-refractivity contribution in [1.29, 1.82) is 0 Å². The van der Waals surface area contributed by atoms with Gasteiger partial charge in [-0.25, -0.2) is 4.98 Å². The number of fused-ring (bicyclic) bond motifs is 1. The summed E-state index contributed by atoms with van der Waals surface area (Å²) in [6.07, 6.45) is 1.84. The highest BCUT2D eigenvalue weighted by atomic mass is 35.5. The average molecular weight is 493 g/mol. The van der Waals surface area contributed by atoms with E-state index in [0.29, 0.717) is 23.8 Å². The van der Waals surface area contributed by atoms with E-state index in [-0.39, 0.29) is 11.8 Å². The van der Waals surface area contributed by atoms with Crippen molar-refractivity contribution in [2.75, 3.05) is 18.4 Å². The van der Waals surface area contributed by atoms with E-state index in [1.54, 1.807) is 6.07 Å². The highest BCUT2D eigenvalue weighted by Gasteiger charge is 2.27. The number of anilines is 1. The molecular weight excluding hydrogens is 467 g/mol. The number of piperidine rings is 1. The zero-order valence-corrected chi connectivity index (χ0v) is 20.3. The van der Waals surface area contributed by atoms with E-state index in [1.165, 1.54) is 5.56 Å². The van der Waals surface area contributed by atoms with Crippen LogP contribution in [0, 0.1) is 5.92 Å². The maximum atomic E-state index is 13.0. The molecule has 1 saturated heterocycles. The molecule has 5 nitrogen and oxygen atoms in total. The van der Waals surface area contributed by atoms with Gasteiger partial charge in [-0.2, -0.15) is 0 Å². The Hall–Kier alpha value is -2.86. The van der Waals surface area contributed by atoms with Crippen molar-refractivity contribution in [1.82, 2.24) is 14.5 Å². The number of hydrogen-bond donors (Lipinski definition) is 1. The maximum Gasteiger partial charge on any atom is 0.228 e. The second kappa shape index (κ2) is 10.2. The molecule has 174 valence electrons. The van der Waals surface area contributed by atoms with Crippen molar-refractivity contribution >= 4 is 45.8 Å². The number of likely N-dealkylation sites (tertiary alicyclic amines) is 1. The first-order valence-corrected chi connectivity index (χ1v) is 12.3. The van der Waals surface area contributed by atoms with Crippen LogP contribution in [0.3, 0.4) is 0 Å². The Morgan fingerprint density at radius 2 is 1.74 bits per heavy atom. The predicted molar refractivity (Wildman–Crippen MR) is 138 cm³/mol. The Balaban J connectivity index is 1.34. The number of benzene rings is 3. The molecule has 2 heterocycles. The molecule has 1 aliphatic rings. The summed E-state index contributed by atoms with van der Waals surface area (Å²) in [5.74, 6) is 0.940. The summed E-state index contributed by atoms with van der Waals surface area (Å²) < 4.78 is 2.27. The normalized spacial score (nSPS) is 16.6. The lowest BCUT2D eigenvalue weighted by Gasteiger charge is -2.32. The highest BCUT2D eigenvalue weighted by Crippen LogP contribution is 2.25. The van der Waals surface area contributed by atoms with Crippen molar-refractivity contribution in [3.8, 4) is 0 Å². The second-order valence-corrected chi connectivity index (χ2v) is 9.62. The van der Waals surface area contributed by atoms with E-state index in [9.17, 15) is 4.79 Å². The van der Waals surface area contributed by atoms with Gasteiger partial charge in [0.25, 0.3) is 0 Å². The Labute approximate surface area is 209 Å². The number of rotatable bonds is 6. The van der Waals surface area contributed by atoms with Gasteiger partial charge in [0.15, 0.2) is 0 Å². The largest absolute Gasteiger partial charge is 0.324 e. The Morgan fingerprint density at radius 1 is 0.971 bits per heavy atom. The summed E-state index contributed by atoms with van der Waals surface area (Å²) in [6, 6.07) is 23.5. The minimum Gasteiger partial charge on any atom is -0.324 e. The van der Waals surface area contributed by atoms with Crippen LogP contribution in [0.25, 0.3) is 11.0 Å². The van der Waals surface area contributed by atoms with E-state index in [2.05, 4.69) is 33.0 Å². The zero-order chi connectivity index (χ0) is 23.5. The highest BCUT2D eigenvalue weighted by molar-refractivity contribution is 6.33. The van der Waals surface area contributed by atoms with Gasteiger partial charge in [-0.1, -0.05) is 59.6 Å². The average Bonchev–Trinajstić information content (AvgIpc) is 3.19. The van der Waals surface area contributed by atoms with E-state index >= 15 is 0 Å². The van der Waals surface area contributed by atoms with Gasteiger partial charge >= 0.3 is 0 Å². The second-order valence-electron chi connectivity index (χ2n) is 8.77. The maximum absolute atomic E-state index is 13.0. The molecule has 0 saturated carbocycles. The predicted octanol–water partition coefficient (Wildman–Crippen LogP) is 6.24. The quantitative estimate of drug-likeness (QED) is 0.346. The van der Waals surface area contributed by atoms with Crippen molar-refractivity contribution in [2.45, 2.75) is 25.9 Å². The molecule has 7 heteroatoms. The van der Waals surface area contributed by atoms with E-state index in [4.69, 9.17) is 28.2 Å². The molecule has 0 spiro atoms. The standard InChI is InChI=1S/C27H26Cl2N4O/c28-21-13-11-19(12-14-21)16-33-25-10-4-3-9-24(25)30-26(33)18-32-15-5-6-20(17-32)27(34)31-23-8-2-1-7-22(23)29/h1-4,7-14,20H,5-6,15-18H2,(H,31,34)/t20-/m1/s1. The number of carbonyl (C=O) groups is 1. The molecule has 1 N–H and O–H groups in total. The van der Waals surface area contributed by atoms with Gasteiger partial charge in [-0.3, -0.25) is 9.69 Å². The van der Waals surface area contributed by atoms with Gasteiger partial charge in [0.05, 0.1) is 34.2 Å². The molecule has 1 atom stereocenters. The summed E-state index contributed by atoms with van der Waals surface area (Å²) in [5, 5.41) is 4.29. The van der Waals surface area contributed by atoms with Crippen LogP contribution in [-0.2, 0) is 17.9 Å². The molecular formula is C27H26Cl2N4O. The van der Waals surface area contributed by atoms with Crippen LogP contribution in [0.1, 0.15) is 24.2 Å². The van der Waals surface area contributed by atoms with Crippen LogP contribution >= 0.6 is 23.2 Å². The van der Waals surface area contributed by atoms with Gasteiger partial charge in [-0.15, -0.1) is 0 Å². The fourth-order valence-electron chi connectivity index (χ4n) is 4.61. The molecule has 1 aromatic heterocycles. The van der Waals surface area contributed by atoms with E-state index in [0.717, 1.165) is 47.8 Å². The van der Waals surface area contributed by atoms with Crippen LogP contribution in [0.5, 0.6) is 0 Å². The smallest absolute Gasteiger partial charge is 0.228 e. The molecule has 5 rings (SSSR count). The third-order valence-electron chi connectivity index (χ3n) is 6.36. The molecule has 0 bridgehead atoms. The topological polar surface area (TPSA) is 50.2 Å². The number of aromatic nitrogens is 2. The van der Waals surface area contributed by atoms with Crippen molar-refractivity contribution in [2.24, 2.45) is 5.92 Å². The van der Waals surface area contributed by atoms with Gasteiger partial charge in [0.2, 0.25) is 5.91 Å². The number of imidazole rings is 1. The van der Waals surface area contributed by atoms with E-state index in [1.807, 2.05) is 48.5 Å². The number of amides is 1. The number of para-hydroxylation sites is 3. The van der Waals surface area contributed by atoms with Crippen LogP contribution in [0.2, 0.25) is 10.0 Å². The first-order chi connectivity index (χ1) is 16.6. The minimum atomic E-state index is -0.0842. The Bertz CT molecular complexity index is 1300. The SMILES string of the molecule is O=C(Nc1ccccc1Cl)[C@@H]1CCCN(Cc2nc3ccccc3n2Cc2ccc(Cl)cc2)C1.